The van der Waals surface area contributed by atoms with Gasteiger partial charge in [0.15, 0.2) is 0 Å². The average Bonchev–Trinajstić information content (AvgIpc) is 3.40. The van der Waals surface area contributed by atoms with Gasteiger partial charge in [-0.3, -0.25) is 4.79 Å². The standard InChI is InChI=1S/C25H21F2N7O2/c1-33-17-7-14(19-13(22(33)35)3-2-4-18(19)36-24(26)27)20-16-8-15(31-11-34(16)32-21(17)20)12-9-29-23(30-10-12)25(28)5-6-25/h2-4,8-11,14,17,24H,5-7,28H2,1H3. The minimum atomic E-state index is -3.00. The van der Waals surface area contributed by atoms with Crippen LogP contribution in [0.25, 0.3) is 16.8 Å². The molecule has 1 saturated carbocycles. The fraction of sp³-hybridized carbons (Fsp3) is 0.320. The van der Waals surface area contributed by atoms with Gasteiger partial charge in [-0.1, -0.05) is 6.07 Å². The lowest BCUT2D eigenvalue weighted by molar-refractivity contribution is -0.0505. The van der Waals surface area contributed by atoms with Crippen LogP contribution in [0.5, 0.6) is 5.75 Å². The van der Waals surface area contributed by atoms with E-state index in [0.717, 1.165) is 35.2 Å². The molecule has 4 aromatic rings. The summed E-state index contributed by atoms with van der Waals surface area (Å²) in [6.07, 6.45) is 7.31. The van der Waals surface area contributed by atoms with Crippen LogP contribution in [0.2, 0.25) is 0 Å². The third kappa shape index (κ3) is 2.98. The summed E-state index contributed by atoms with van der Waals surface area (Å²) in [7, 11) is 1.71. The van der Waals surface area contributed by atoms with E-state index >= 15 is 0 Å². The normalized spacial score (nSPS) is 21.5. The zero-order valence-corrected chi connectivity index (χ0v) is 19.2. The molecule has 9 nitrogen and oxygen atoms in total. The maximum atomic E-state index is 13.3. The summed E-state index contributed by atoms with van der Waals surface area (Å²) >= 11 is 0. The molecule has 2 N–H and O–H groups in total. The predicted molar refractivity (Wildman–Crippen MR) is 123 cm³/mol. The Kier molecular flexibility index (Phi) is 4.30. The molecule has 1 aliphatic heterocycles. The number of ether oxygens (including phenoxy) is 1. The molecule has 2 aliphatic carbocycles. The van der Waals surface area contributed by atoms with Crippen LogP contribution in [-0.4, -0.2) is 49.0 Å². The molecular weight excluding hydrogens is 468 g/mol. The van der Waals surface area contributed by atoms with E-state index in [4.69, 9.17) is 15.6 Å². The molecular formula is C25H21F2N7O2. The number of hydrogen-bond acceptors (Lipinski definition) is 7. The smallest absolute Gasteiger partial charge is 0.387 e. The third-order valence-corrected chi connectivity index (χ3v) is 7.55. The van der Waals surface area contributed by atoms with Crippen LogP contribution in [0.1, 0.15) is 64.2 Å². The molecule has 182 valence electrons. The number of hydrogen-bond donors (Lipinski definition) is 1. The van der Waals surface area contributed by atoms with Crippen LogP contribution in [0.3, 0.4) is 0 Å². The van der Waals surface area contributed by atoms with Crippen LogP contribution in [0.15, 0.2) is 43.0 Å². The van der Waals surface area contributed by atoms with Gasteiger partial charge < -0.3 is 15.4 Å². The molecule has 36 heavy (non-hydrogen) atoms. The molecule has 11 heteroatoms. The molecule has 1 aromatic carbocycles. The Morgan fingerprint density at radius 3 is 2.67 bits per heavy atom. The van der Waals surface area contributed by atoms with Crippen LogP contribution < -0.4 is 10.5 Å². The Morgan fingerprint density at radius 1 is 1.17 bits per heavy atom. The number of rotatable bonds is 4. The van der Waals surface area contributed by atoms with Gasteiger partial charge in [0, 0.05) is 47.6 Å². The number of aromatic nitrogens is 5. The second-order valence-corrected chi connectivity index (χ2v) is 9.67. The Hall–Kier alpha value is -3.99. The first-order valence-electron chi connectivity index (χ1n) is 11.7. The maximum Gasteiger partial charge on any atom is 0.387 e. The van der Waals surface area contributed by atoms with Crippen molar-refractivity contribution in [1.82, 2.24) is 29.5 Å². The van der Waals surface area contributed by atoms with Gasteiger partial charge in [-0.2, -0.15) is 13.9 Å². The monoisotopic (exact) mass is 489 g/mol. The number of fused-ring (bicyclic) bond motifs is 9. The largest absolute Gasteiger partial charge is 0.434 e. The van der Waals surface area contributed by atoms with Crippen molar-refractivity contribution in [1.29, 1.82) is 0 Å². The zero-order chi connectivity index (χ0) is 24.8. The first-order chi connectivity index (χ1) is 17.3. The van der Waals surface area contributed by atoms with Gasteiger partial charge in [0.1, 0.15) is 17.9 Å². The summed E-state index contributed by atoms with van der Waals surface area (Å²) < 4.78 is 33.1. The van der Waals surface area contributed by atoms with Crippen molar-refractivity contribution in [3.8, 4) is 17.0 Å². The van der Waals surface area contributed by atoms with E-state index in [9.17, 15) is 13.6 Å². The average molecular weight is 489 g/mol. The number of halogens is 2. The highest BCUT2D eigenvalue weighted by atomic mass is 19.3. The van der Waals surface area contributed by atoms with Crippen LogP contribution in [-0.2, 0) is 5.54 Å². The van der Waals surface area contributed by atoms with Crippen LogP contribution in [0.4, 0.5) is 8.78 Å². The molecule has 4 heterocycles. The van der Waals surface area contributed by atoms with E-state index in [0.29, 0.717) is 29.1 Å². The summed E-state index contributed by atoms with van der Waals surface area (Å²) in [5, 5.41) is 4.74. The quantitative estimate of drug-likeness (QED) is 0.468. The van der Waals surface area contributed by atoms with Gasteiger partial charge in [-0.05, 0) is 37.5 Å². The number of carbonyl (C=O) groups is 1. The Labute approximate surface area is 203 Å². The van der Waals surface area contributed by atoms with Crippen molar-refractivity contribution >= 4 is 11.4 Å². The number of nitrogens with two attached hydrogens (primary N) is 1. The van der Waals surface area contributed by atoms with Crippen molar-refractivity contribution in [3.63, 3.8) is 0 Å². The second kappa shape index (κ2) is 7.26. The fourth-order valence-corrected chi connectivity index (χ4v) is 5.51. The molecule has 0 radical (unpaired) electrons. The number of amides is 1. The molecule has 1 fully saturated rings. The summed E-state index contributed by atoms with van der Waals surface area (Å²) in [5.74, 6) is 0.0427. The van der Waals surface area contributed by atoms with E-state index < -0.39 is 12.2 Å². The minimum Gasteiger partial charge on any atom is -0.434 e. The van der Waals surface area contributed by atoms with Gasteiger partial charge in [-0.15, -0.1) is 0 Å². The third-order valence-electron chi connectivity index (χ3n) is 7.55. The SMILES string of the molecule is CN1C(=O)c2cccc(OC(F)F)c2C2CC1c1nn3cnc(-c4cnc(C5(N)CC5)nc4)cc3c12. The van der Waals surface area contributed by atoms with Gasteiger partial charge in [0.2, 0.25) is 0 Å². The van der Waals surface area contributed by atoms with E-state index in [2.05, 4.69) is 15.0 Å². The molecule has 3 aliphatic rings. The summed E-state index contributed by atoms with van der Waals surface area (Å²) in [4.78, 5) is 28.3. The van der Waals surface area contributed by atoms with Crippen molar-refractivity contribution < 1.29 is 18.3 Å². The molecule has 0 saturated heterocycles. The van der Waals surface area contributed by atoms with Crippen molar-refractivity contribution in [2.24, 2.45) is 5.73 Å². The number of alkyl halides is 2. The molecule has 1 amide bonds. The molecule has 3 aromatic heterocycles. The van der Waals surface area contributed by atoms with Gasteiger partial charge in [0.05, 0.1) is 28.5 Å². The van der Waals surface area contributed by atoms with E-state index in [1.807, 2.05) is 6.07 Å². The molecule has 0 spiro atoms. The van der Waals surface area contributed by atoms with E-state index in [-0.39, 0.29) is 23.6 Å². The minimum absolute atomic E-state index is 0.0103. The lowest BCUT2D eigenvalue weighted by Gasteiger charge is -2.23. The summed E-state index contributed by atoms with van der Waals surface area (Å²) in [6, 6.07) is 6.31. The van der Waals surface area contributed by atoms with Crippen molar-refractivity contribution in [3.05, 3.63) is 71.2 Å². The van der Waals surface area contributed by atoms with Crippen LogP contribution >= 0.6 is 0 Å². The van der Waals surface area contributed by atoms with Gasteiger partial charge in [0.25, 0.3) is 5.91 Å². The van der Waals surface area contributed by atoms with Gasteiger partial charge >= 0.3 is 6.61 Å². The highest BCUT2D eigenvalue weighted by Gasteiger charge is 2.46. The predicted octanol–water partition coefficient (Wildman–Crippen LogP) is 3.40. The first-order valence-corrected chi connectivity index (χ1v) is 11.7. The van der Waals surface area contributed by atoms with E-state index in [1.165, 1.54) is 6.07 Å². The van der Waals surface area contributed by atoms with E-state index in [1.54, 1.807) is 47.3 Å². The van der Waals surface area contributed by atoms with Crippen LogP contribution in [0, 0.1) is 0 Å². The first kappa shape index (κ1) is 21.3. The topological polar surface area (TPSA) is 112 Å². The zero-order valence-electron chi connectivity index (χ0n) is 19.2. The molecule has 2 unspecified atom stereocenters. The Morgan fingerprint density at radius 2 is 1.94 bits per heavy atom. The highest BCUT2D eigenvalue weighted by molar-refractivity contribution is 5.98. The lowest BCUT2D eigenvalue weighted by atomic mass is 9.88. The van der Waals surface area contributed by atoms with Crippen molar-refractivity contribution in [2.75, 3.05) is 7.05 Å². The fourth-order valence-electron chi connectivity index (χ4n) is 5.51. The maximum absolute atomic E-state index is 13.3. The summed E-state index contributed by atoms with van der Waals surface area (Å²) in [6.45, 7) is -3.00. The molecule has 7 rings (SSSR count). The Balaban J connectivity index is 1.39. The van der Waals surface area contributed by atoms with Crippen molar-refractivity contribution in [2.45, 2.75) is 43.4 Å². The highest BCUT2D eigenvalue weighted by Crippen LogP contribution is 2.53. The second-order valence-electron chi connectivity index (χ2n) is 9.67. The van der Waals surface area contributed by atoms with Gasteiger partial charge in [-0.25, -0.2) is 19.5 Å². The lowest BCUT2D eigenvalue weighted by Crippen LogP contribution is -2.30. The number of nitrogens with zero attached hydrogens (tertiary/aromatic N) is 6. The number of carbonyl (C=O) groups excluding carboxylic acids is 1. The summed E-state index contributed by atoms with van der Waals surface area (Å²) in [5.41, 5.74) is 10.4. The molecule has 2 bridgehead atoms. The Bertz CT molecular complexity index is 1550. The molecule has 2 atom stereocenters. The number of benzene rings is 1.